The van der Waals surface area contributed by atoms with E-state index in [1.54, 1.807) is 0 Å². The lowest BCUT2D eigenvalue weighted by molar-refractivity contribution is 0.0443. The van der Waals surface area contributed by atoms with Crippen LogP contribution in [0.4, 0.5) is 5.82 Å². The molecule has 1 atom stereocenters. The Morgan fingerprint density at radius 3 is 2.90 bits per heavy atom. The molecule has 1 aromatic heterocycles. The smallest absolute Gasteiger partial charge is 0.144 e. The van der Waals surface area contributed by atoms with E-state index in [-0.39, 0.29) is 0 Å². The zero-order chi connectivity index (χ0) is 15.3. The molecule has 1 aliphatic heterocycles. The minimum Gasteiger partial charge on any atom is -0.390 e. The van der Waals surface area contributed by atoms with Gasteiger partial charge in [0.15, 0.2) is 0 Å². The van der Waals surface area contributed by atoms with Crippen LogP contribution in [-0.2, 0) is 6.54 Å². The molecule has 1 aliphatic rings. The van der Waals surface area contributed by atoms with Gasteiger partial charge in [-0.3, -0.25) is 4.90 Å². The Kier molecular flexibility index (Phi) is 5.53. The van der Waals surface area contributed by atoms with Gasteiger partial charge < -0.3 is 10.4 Å². The van der Waals surface area contributed by atoms with Crippen LogP contribution in [0.1, 0.15) is 51.0 Å². The van der Waals surface area contributed by atoms with Gasteiger partial charge in [0.05, 0.1) is 12.1 Å². The lowest BCUT2D eigenvalue weighted by Gasteiger charge is -2.22. The van der Waals surface area contributed by atoms with Crippen LogP contribution in [0.5, 0.6) is 0 Å². The van der Waals surface area contributed by atoms with Crippen LogP contribution in [0.25, 0.3) is 0 Å². The van der Waals surface area contributed by atoms with Crippen molar-refractivity contribution in [2.45, 2.75) is 58.6 Å². The molecule has 0 saturated carbocycles. The standard InChI is InChI=1S/C16H28N4O/c1-4-8-17-14-11-13(2)18-15(19-14)12-20-9-5-6-16(3,21)7-10-20/h11,21H,4-10,12H2,1-3H3,(H,17,18,19). The largest absolute Gasteiger partial charge is 0.390 e. The van der Waals surface area contributed by atoms with Gasteiger partial charge in [-0.1, -0.05) is 6.92 Å². The van der Waals surface area contributed by atoms with Crippen molar-refractivity contribution in [2.75, 3.05) is 25.0 Å². The Morgan fingerprint density at radius 2 is 2.14 bits per heavy atom. The summed E-state index contributed by atoms with van der Waals surface area (Å²) in [5.74, 6) is 1.79. The van der Waals surface area contributed by atoms with Gasteiger partial charge >= 0.3 is 0 Å². The first-order valence-corrected chi connectivity index (χ1v) is 8.02. The fourth-order valence-corrected chi connectivity index (χ4v) is 2.72. The maximum Gasteiger partial charge on any atom is 0.144 e. The van der Waals surface area contributed by atoms with Crippen LogP contribution in [0, 0.1) is 6.92 Å². The van der Waals surface area contributed by atoms with E-state index in [9.17, 15) is 5.11 Å². The average molecular weight is 292 g/mol. The van der Waals surface area contributed by atoms with E-state index in [1.807, 2.05) is 19.9 Å². The van der Waals surface area contributed by atoms with Crippen LogP contribution >= 0.6 is 0 Å². The van der Waals surface area contributed by atoms with Crippen LogP contribution in [0.3, 0.4) is 0 Å². The van der Waals surface area contributed by atoms with E-state index in [0.717, 1.165) is 69.2 Å². The molecule has 5 nitrogen and oxygen atoms in total. The third-order valence-electron chi connectivity index (χ3n) is 3.98. The first kappa shape index (κ1) is 16.2. The third-order valence-corrected chi connectivity index (χ3v) is 3.98. The molecule has 0 bridgehead atoms. The molecule has 0 radical (unpaired) electrons. The molecular weight excluding hydrogens is 264 g/mol. The zero-order valence-electron chi connectivity index (χ0n) is 13.5. The Bertz CT molecular complexity index is 462. The predicted molar refractivity (Wildman–Crippen MR) is 85.3 cm³/mol. The number of anilines is 1. The number of aliphatic hydroxyl groups is 1. The van der Waals surface area contributed by atoms with Crippen LogP contribution < -0.4 is 5.32 Å². The summed E-state index contributed by atoms with van der Waals surface area (Å²) in [6.07, 6.45) is 3.81. The van der Waals surface area contributed by atoms with E-state index < -0.39 is 5.60 Å². The Morgan fingerprint density at radius 1 is 1.33 bits per heavy atom. The molecule has 1 unspecified atom stereocenters. The summed E-state index contributed by atoms with van der Waals surface area (Å²) in [5.41, 5.74) is 0.483. The van der Waals surface area contributed by atoms with Crippen LogP contribution in [-0.4, -0.2) is 45.2 Å². The number of hydrogen-bond donors (Lipinski definition) is 2. The second-order valence-corrected chi connectivity index (χ2v) is 6.36. The molecule has 1 fully saturated rings. The van der Waals surface area contributed by atoms with Gasteiger partial charge in [-0.25, -0.2) is 9.97 Å². The lowest BCUT2D eigenvalue weighted by atomic mass is 9.98. The number of nitrogens with one attached hydrogen (secondary N) is 1. The Hall–Kier alpha value is -1.20. The summed E-state index contributed by atoms with van der Waals surface area (Å²) in [7, 11) is 0. The summed E-state index contributed by atoms with van der Waals surface area (Å²) in [6, 6.07) is 1.99. The molecule has 1 saturated heterocycles. The van der Waals surface area contributed by atoms with Gasteiger partial charge in [0.1, 0.15) is 11.6 Å². The normalized spacial score (nSPS) is 23.8. The fraction of sp³-hybridized carbons (Fsp3) is 0.750. The fourth-order valence-electron chi connectivity index (χ4n) is 2.72. The maximum absolute atomic E-state index is 10.2. The highest BCUT2D eigenvalue weighted by molar-refractivity contribution is 5.35. The first-order chi connectivity index (χ1) is 9.98. The zero-order valence-corrected chi connectivity index (χ0v) is 13.5. The van der Waals surface area contributed by atoms with Crippen molar-refractivity contribution in [3.63, 3.8) is 0 Å². The number of nitrogens with zero attached hydrogens (tertiary/aromatic N) is 3. The van der Waals surface area contributed by atoms with Crippen molar-refractivity contribution < 1.29 is 5.11 Å². The molecule has 0 aliphatic carbocycles. The van der Waals surface area contributed by atoms with Gasteiger partial charge in [0.2, 0.25) is 0 Å². The topological polar surface area (TPSA) is 61.3 Å². The second-order valence-electron chi connectivity index (χ2n) is 6.36. The quantitative estimate of drug-likeness (QED) is 0.872. The van der Waals surface area contributed by atoms with Crippen LogP contribution in [0.15, 0.2) is 6.07 Å². The first-order valence-electron chi connectivity index (χ1n) is 8.02. The molecule has 2 heterocycles. The molecule has 5 heteroatoms. The van der Waals surface area contributed by atoms with E-state index in [2.05, 4.69) is 27.1 Å². The van der Waals surface area contributed by atoms with Crippen molar-refractivity contribution in [3.8, 4) is 0 Å². The highest BCUT2D eigenvalue weighted by atomic mass is 16.3. The lowest BCUT2D eigenvalue weighted by Crippen LogP contribution is -2.28. The summed E-state index contributed by atoms with van der Waals surface area (Å²) < 4.78 is 0. The molecule has 0 spiro atoms. The third kappa shape index (κ3) is 5.25. The van der Waals surface area contributed by atoms with E-state index >= 15 is 0 Å². The monoisotopic (exact) mass is 292 g/mol. The summed E-state index contributed by atoms with van der Waals surface area (Å²) in [4.78, 5) is 11.5. The van der Waals surface area contributed by atoms with Gasteiger partial charge in [0.25, 0.3) is 0 Å². The molecule has 21 heavy (non-hydrogen) atoms. The minimum absolute atomic E-state index is 0.518. The average Bonchev–Trinajstić information content (AvgIpc) is 2.57. The number of hydrogen-bond acceptors (Lipinski definition) is 5. The predicted octanol–water partition coefficient (Wildman–Crippen LogP) is 2.34. The van der Waals surface area contributed by atoms with Gasteiger partial charge in [-0.05, 0) is 46.1 Å². The minimum atomic E-state index is -0.518. The van der Waals surface area contributed by atoms with E-state index in [1.165, 1.54) is 0 Å². The Labute approximate surface area is 127 Å². The van der Waals surface area contributed by atoms with Crippen molar-refractivity contribution in [1.82, 2.24) is 14.9 Å². The molecule has 2 N–H and O–H groups in total. The summed E-state index contributed by atoms with van der Waals surface area (Å²) in [5, 5.41) is 13.5. The molecule has 2 rings (SSSR count). The molecule has 0 aromatic carbocycles. The van der Waals surface area contributed by atoms with Crippen molar-refractivity contribution >= 4 is 5.82 Å². The summed E-state index contributed by atoms with van der Waals surface area (Å²) in [6.45, 7) is 9.70. The molecule has 1 aromatic rings. The van der Waals surface area contributed by atoms with Crippen molar-refractivity contribution in [2.24, 2.45) is 0 Å². The summed E-state index contributed by atoms with van der Waals surface area (Å²) >= 11 is 0. The molecule has 0 amide bonds. The number of aryl methyl sites for hydroxylation is 1. The number of likely N-dealkylation sites (tertiary alicyclic amines) is 1. The maximum atomic E-state index is 10.2. The van der Waals surface area contributed by atoms with E-state index in [0.29, 0.717) is 0 Å². The molecular formula is C16H28N4O. The molecule has 118 valence electrons. The van der Waals surface area contributed by atoms with E-state index in [4.69, 9.17) is 0 Å². The second kappa shape index (κ2) is 7.18. The Balaban J connectivity index is 2.00. The van der Waals surface area contributed by atoms with Gasteiger partial charge in [-0.15, -0.1) is 0 Å². The number of rotatable bonds is 5. The van der Waals surface area contributed by atoms with Crippen molar-refractivity contribution in [3.05, 3.63) is 17.6 Å². The van der Waals surface area contributed by atoms with Crippen molar-refractivity contribution in [1.29, 1.82) is 0 Å². The highest BCUT2D eigenvalue weighted by Gasteiger charge is 2.25. The number of aromatic nitrogens is 2. The highest BCUT2D eigenvalue weighted by Crippen LogP contribution is 2.22. The van der Waals surface area contributed by atoms with Gasteiger partial charge in [-0.2, -0.15) is 0 Å². The SMILES string of the molecule is CCCNc1cc(C)nc(CN2CCCC(C)(O)CC2)n1. The van der Waals surface area contributed by atoms with Gasteiger partial charge in [0, 0.05) is 24.8 Å². The van der Waals surface area contributed by atoms with Crippen LogP contribution in [0.2, 0.25) is 0 Å².